The summed E-state index contributed by atoms with van der Waals surface area (Å²) in [7, 11) is 1.75. The van der Waals surface area contributed by atoms with Gasteiger partial charge < -0.3 is 10.1 Å². The van der Waals surface area contributed by atoms with Crippen molar-refractivity contribution in [1.29, 1.82) is 0 Å². The number of hydrogen-bond donors (Lipinski definition) is 1. The van der Waals surface area contributed by atoms with Crippen molar-refractivity contribution in [2.45, 2.75) is 31.8 Å². The minimum atomic E-state index is 0.665. The van der Waals surface area contributed by atoms with E-state index in [1.807, 2.05) is 11.8 Å². The Morgan fingerprint density at radius 1 is 1.50 bits per heavy atom. The first-order valence-electron chi connectivity index (χ1n) is 6.99. The summed E-state index contributed by atoms with van der Waals surface area (Å²) >= 11 is 3.52. The van der Waals surface area contributed by atoms with Gasteiger partial charge in [-0.1, -0.05) is 13.8 Å². The monoisotopic (exact) mass is 313 g/mol. The normalized spacial score (nSPS) is 11.8. The topological polar surface area (TPSA) is 38.6 Å². The van der Waals surface area contributed by atoms with Crippen LogP contribution < -0.4 is 5.32 Å². The lowest BCUT2D eigenvalue weighted by molar-refractivity contribution is 0.200. The van der Waals surface area contributed by atoms with Gasteiger partial charge in [-0.3, -0.25) is 4.40 Å². The molecule has 2 aromatic rings. The summed E-state index contributed by atoms with van der Waals surface area (Å²) in [5.41, 5.74) is 1.28. The summed E-state index contributed by atoms with van der Waals surface area (Å²) in [6.07, 6.45) is 3.17. The van der Waals surface area contributed by atoms with Crippen molar-refractivity contribution in [1.82, 2.24) is 14.7 Å². The molecule has 0 unspecified atom stereocenters. The molecular formula is C14H23N3OS2. The zero-order chi connectivity index (χ0) is 14.4. The predicted octanol–water partition coefficient (Wildman–Crippen LogP) is 3.27. The van der Waals surface area contributed by atoms with Gasteiger partial charge in [0.2, 0.25) is 0 Å². The van der Waals surface area contributed by atoms with Crippen molar-refractivity contribution >= 4 is 28.1 Å². The van der Waals surface area contributed by atoms with E-state index in [2.05, 4.69) is 35.1 Å². The van der Waals surface area contributed by atoms with Crippen molar-refractivity contribution in [3.63, 3.8) is 0 Å². The van der Waals surface area contributed by atoms with Crippen molar-refractivity contribution in [3.05, 3.63) is 17.3 Å². The highest BCUT2D eigenvalue weighted by Crippen LogP contribution is 2.26. The van der Waals surface area contributed by atoms with Crippen LogP contribution in [-0.4, -0.2) is 35.4 Å². The Labute approximate surface area is 128 Å². The molecule has 6 heteroatoms. The largest absolute Gasteiger partial charge is 0.385 e. The molecule has 1 N–H and O–H groups in total. The zero-order valence-corrected chi connectivity index (χ0v) is 14.0. The van der Waals surface area contributed by atoms with Crippen LogP contribution in [0.25, 0.3) is 4.96 Å². The fourth-order valence-electron chi connectivity index (χ4n) is 1.94. The van der Waals surface area contributed by atoms with E-state index in [-0.39, 0.29) is 0 Å². The standard InChI is InChI=1S/C14H23N3OS2/c1-11(2)9-15-10-12-13(19-7-4-6-18-3)16-14-17(12)5-8-20-14/h5,8,11,15H,4,6-7,9-10H2,1-3H3. The zero-order valence-electron chi connectivity index (χ0n) is 12.4. The molecule has 0 bridgehead atoms. The van der Waals surface area contributed by atoms with E-state index in [9.17, 15) is 0 Å². The third kappa shape index (κ3) is 4.22. The Balaban J connectivity index is 2.01. The molecule has 0 amide bonds. The number of thioether (sulfide) groups is 1. The van der Waals surface area contributed by atoms with Gasteiger partial charge in [0.15, 0.2) is 4.96 Å². The number of thiazole rings is 1. The first kappa shape index (κ1) is 15.8. The molecule has 2 aromatic heterocycles. The van der Waals surface area contributed by atoms with Gasteiger partial charge in [0, 0.05) is 37.6 Å². The lowest BCUT2D eigenvalue weighted by atomic mass is 10.2. The smallest absolute Gasteiger partial charge is 0.194 e. The van der Waals surface area contributed by atoms with E-state index >= 15 is 0 Å². The highest BCUT2D eigenvalue weighted by Gasteiger charge is 2.13. The molecule has 0 aromatic carbocycles. The van der Waals surface area contributed by atoms with Crippen LogP contribution in [0.4, 0.5) is 0 Å². The third-order valence-corrected chi connectivity index (χ3v) is 4.75. The molecule has 2 rings (SSSR count). The maximum atomic E-state index is 5.10. The van der Waals surface area contributed by atoms with Crippen LogP contribution >= 0.6 is 23.1 Å². The SMILES string of the molecule is COCCCSc1nc2sccn2c1CNCC(C)C. The summed E-state index contributed by atoms with van der Waals surface area (Å²) in [5.74, 6) is 1.72. The molecule has 20 heavy (non-hydrogen) atoms. The number of aromatic nitrogens is 2. The molecular weight excluding hydrogens is 290 g/mol. The molecule has 2 heterocycles. The van der Waals surface area contributed by atoms with Gasteiger partial charge in [-0.25, -0.2) is 4.98 Å². The number of fused-ring (bicyclic) bond motifs is 1. The van der Waals surface area contributed by atoms with E-state index in [0.29, 0.717) is 5.92 Å². The Morgan fingerprint density at radius 3 is 3.10 bits per heavy atom. The molecule has 0 radical (unpaired) electrons. The fraction of sp³-hybridized carbons (Fsp3) is 0.643. The first-order chi connectivity index (χ1) is 9.72. The Kier molecular flexibility index (Phi) is 6.35. The minimum Gasteiger partial charge on any atom is -0.385 e. The molecule has 0 fully saturated rings. The van der Waals surface area contributed by atoms with Crippen LogP contribution in [0.3, 0.4) is 0 Å². The van der Waals surface area contributed by atoms with E-state index < -0.39 is 0 Å². The van der Waals surface area contributed by atoms with Crippen LogP contribution in [0.15, 0.2) is 16.6 Å². The Bertz CT molecular complexity index is 521. The highest BCUT2D eigenvalue weighted by molar-refractivity contribution is 7.99. The van der Waals surface area contributed by atoms with Gasteiger partial charge in [-0.05, 0) is 18.9 Å². The van der Waals surface area contributed by atoms with Crippen LogP contribution in [0.1, 0.15) is 26.0 Å². The van der Waals surface area contributed by atoms with Gasteiger partial charge in [0.1, 0.15) is 5.03 Å². The number of imidazole rings is 1. The Morgan fingerprint density at radius 2 is 2.35 bits per heavy atom. The quantitative estimate of drug-likeness (QED) is 0.569. The number of ether oxygens (including phenoxy) is 1. The second kappa shape index (κ2) is 8.02. The number of methoxy groups -OCH3 is 1. The highest BCUT2D eigenvalue weighted by atomic mass is 32.2. The molecule has 4 nitrogen and oxygen atoms in total. The minimum absolute atomic E-state index is 0.665. The van der Waals surface area contributed by atoms with E-state index in [1.54, 1.807) is 18.4 Å². The average Bonchev–Trinajstić information content (AvgIpc) is 2.97. The number of hydrogen-bond acceptors (Lipinski definition) is 5. The third-order valence-electron chi connectivity index (χ3n) is 2.90. The molecule has 112 valence electrons. The van der Waals surface area contributed by atoms with Gasteiger partial charge in [0.25, 0.3) is 0 Å². The second-order valence-electron chi connectivity index (χ2n) is 5.14. The maximum Gasteiger partial charge on any atom is 0.194 e. The van der Waals surface area contributed by atoms with Gasteiger partial charge >= 0.3 is 0 Å². The van der Waals surface area contributed by atoms with Gasteiger partial charge in [-0.15, -0.1) is 23.1 Å². The number of nitrogens with zero attached hydrogens (tertiary/aromatic N) is 2. The first-order valence-corrected chi connectivity index (χ1v) is 8.85. The summed E-state index contributed by atoms with van der Waals surface area (Å²) in [6.45, 7) is 7.18. The maximum absolute atomic E-state index is 5.10. The molecule has 0 spiro atoms. The molecule has 0 saturated carbocycles. The van der Waals surface area contributed by atoms with Crippen LogP contribution in [-0.2, 0) is 11.3 Å². The summed E-state index contributed by atoms with van der Waals surface area (Å²) in [4.78, 5) is 5.82. The van der Waals surface area contributed by atoms with Crippen LogP contribution in [0.2, 0.25) is 0 Å². The predicted molar refractivity (Wildman–Crippen MR) is 86.8 cm³/mol. The average molecular weight is 313 g/mol. The van der Waals surface area contributed by atoms with E-state index in [1.165, 1.54) is 5.69 Å². The number of rotatable bonds is 9. The van der Waals surface area contributed by atoms with Gasteiger partial charge in [0.05, 0.1) is 5.69 Å². The van der Waals surface area contributed by atoms with Crippen molar-refractivity contribution in [2.24, 2.45) is 5.92 Å². The molecule has 0 atom stereocenters. The van der Waals surface area contributed by atoms with Crippen molar-refractivity contribution < 1.29 is 4.74 Å². The summed E-state index contributed by atoms with van der Waals surface area (Å²) in [5, 5.41) is 6.76. The van der Waals surface area contributed by atoms with E-state index in [4.69, 9.17) is 9.72 Å². The molecule has 0 aliphatic heterocycles. The van der Waals surface area contributed by atoms with Crippen molar-refractivity contribution in [3.8, 4) is 0 Å². The fourth-order valence-corrected chi connectivity index (χ4v) is 3.67. The number of nitrogens with one attached hydrogen (secondary N) is 1. The lowest BCUT2D eigenvalue weighted by Crippen LogP contribution is -2.20. The van der Waals surface area contributed by atoms with Crippen molar-refractivity contribution in [2.75, 3.05) is 26.0 Å². The summed E-state index contributed by atoms with van der Waals surface area (Å²) < 4.78 is 7.30. The molecule has 0 saturated heterocycles. The van der Waals surface area contributed by atoms with Crippen LogP contribution in [0.5, 0.6) is 0 Å². The Hall–Kier alpha value is -0.560. The molecule has 0 aliphatic carbocycles. The van der Waals surface area contributed by atoms with Crippen LogP contribution in [0, 0.1) is 5.92 Å². The second-order valence-corrected chi connectivity index (χ2v) is 7.10. The van der Waals surface area contributed by atoms with E-state index in [0.717, 1.165) is 41.9 Å². The van der Waals surface area contributed by atoms with Gasteiger partial charge in [-0.2, -0.15) is 0 Å². The summed E-state index contributed by atoms with van der Waals surface area (Å²) in [6, 6.07) is 0. The molecule has 0 aliphatic rings. The lowest BCUT2D eigenvalue weighted by Gasteiger charge is -2.08.